The Labute approximate surface area is 230 Å². The Morgan fingerprint density at radius 3 is 2.03 bits per heavy atom. The summed E-state index contributed by atoms with van der Waals surface area (Å²) in [5.41, 5.74) is 2.76. The summed E-state index contributed by atoms with van der Waals surface area (Å²) >= 11 is 2.56. The van der Waals surface area contributed by atoms with E-state index in [1.54, 1.807) is 57.8 Å². The van der Waals surface area contributed by atoms with Gasteiger partial charge < -0.3 is 0 Å². The fraction of sp³-hybridized carbons (Fsp3) is 1.00. The van der Waals surface area contributed by atoms with E-state index in [0.29, 0.717) is 5.41 Å². The first-order chi connectivity index (χ1) is 17.1. The maximum absolute atomic E-state index is 2.93. The predicted molar refractivity (Wildman–Crippen MR) is 162 cm³/mol. The van der Waals surface area contributed by atoms with Gasteiger partial charge in [0.1, 0.15) is 0 Å². The number of thioether (sulfide) groups is 1. The minimum Gasteiger partial charge on any atom is -0.155 e. The van der Waals surface area contributed by atoms with E-state index in [-0.39, 0.29) is 0 Å². The first-order valence-electron chi connectivity index (χ1n) is 16.7. The molecule has 0 aromatic carbocycles. The molecule has 5 aliphatic carbocycles. The van der Waals surface area contributed by atoms with Crippen molar-refractivity contribution in [2.75, 3.05) is 0 Å². The second-order valence-corrected chi connectivity index (χ2v) is 23.3. The molecule has 11 unspecified atom stereocenters. The fourth-order valence-corrected chi connectivity index (χ4v) is 21.6. The molecule has 6 fully saturated rings. The van der Waals surface area contributed by atoms with Crippen molar-refractivity contribution in [3.63, 3.8) is 0 Å². The van der Waals surface area contributed by atoms with Gasteiger partial charge in [-0.3, -0.25) is 0 Å². The SMILES string of the molecule is CC1C(C)C([Si](C)(C)C2CCC3C(C4CCC(C(C)(C)C)CC4)CCCC32)C2SC3CCCCC3C12. The number of fused-ring (bicyclic) bond motifs is 4. The van der Waals surface area contributed by atoms with Gasteiger partial charge in [0.2, 0.25) is 0 Å². The highest BCUT2D eigenvalue weighted by molar-refractivity contribution is 8.01. The maximum atomic E-state index is 2.93. The average molecular weight is 529 g/mol. The van der Waals surface area contributed by atoms with Crippen molar-refractivity contribution in [1.82, 2.24) is 0 Å². The zero-order valence-electron chi connectivity index (χ0n) is 25.1. The van der Waals surface area contributed by atoms with Gasteiger partial charge in [0, 0.05) is 10.5 Å². The Kier molecular flexibility index (Phi) is 7.35. The van der Waals surface area contributed by atoms with E-state index in [4.69, 9.17) is 0 Å². The van der Waals surface area contributed by atoms with Crippen molar-refractivity contribution in [1.29, 1.82) is 0 Å². The molecule has 0 N–H and O–H groups in total. The predicted octanol–water partition coefficient (Wildman–Crippen LogP) is 10.7. The van der Waals surface area contributed by atoms with Gasteiger partial charge >= 0.3 is 0 Å². The van der Waals surface area contributed by atoms with Gasteiger partial charge in [-0.15, -0.1) is 0 Å². The normalized spacial score (nSPS) is 51.6. The van der Waals surface area contributed by atoms with E-state index in [9.17, 15) is 0 Å². The number of rotatable bonds is 3. The highest BCUT2D eigenvalue weighted by Crippen LogP contribution is 2.69. The summed E-state index contributed by atoms with van der Waals surface area (Å²) in [4.78, 5) is 0. The van der Waals surface area contributed by atoms with Crippen LogP contribution >= 0.6 is 11.8 Å². The van der Waals surface area contributed by atoms with Crippen LogP contribution in [-0.4, -0.2) is 18.6 Å². The minimum atomic E-state index is -1.34. The molecule has 6 rings (SSSR count). The lowest BCUT2D eigenvalue weighted by Crippen LogP contribution is -2.46. The molecule has 0 spiro atoms. The third kappa shape index (κ3) is 4.36. The molecule has 36 heavy (non-hydrogen) atoms. The van der Waals surface area contributed by atoms with Crippen LogP contribution in [0.15, 0.2) is 0 Å². The monoisotopic (exact) mass is 528 g/mol. The van der Waals surface area contributed by atoms with Crippen LogP contribution in [0.2, 0.25) is 24.2 Å². The number of hydrogen-bond acceptors (Lipinski definition) is 1. The van der Waals surface area contributed by atoms with Gasteiger partial charge in [-0.05, 0) is 121 Å². The van der Waals surface area contributed by atoms with Crippen LogP contribution < -0.4 is 0 Å². The molecule has 0 bridgehead atoms. The van der Waals surface area contributed by atoms with Crippen molar-refractivity contribution >= 4 is 19.8 Å². The van der Waals surface area contributed by atoms with Gasteiger partial charge in [0.25, 0.3) is 0 Å². The molecule has 2 heteroatoms. The molecular weight excluding hydrogens is 469 g/mol. The van der Waals surface area contributed by atoms with Crippen molar-refractivity contribution in [2.24, 2.45) is 58.7 Å². The molecule has 0 aromatic heterocycles. The third-order valence-electron chi connectivity index (χ3n) is 14.2. The van der Waals surface area contributed by atoms with Crippen molar-refractivity contribution in [3.05, 3.63) is 0 Å². The summed E-state index contributed by atoms with van der Waals surface area (Å²) in [6.07, 6.45) is 20.3. The lowest BCUT2D eigenvalue weighted by atomic mass is 9.61. The molecule has 0 amide bonds. The molecule has 206 valence electrons. The molecule has 0 aromatic rings. The van der Waals surface area contributed by atoms with Crippen LogP contribution in [0.4, 0.5) is 0 Å². The summed E-state index contributed by atoms with van der Waals surface area (Å²) in [5, 5.41) is 2.07. The zero-order valence-corrected chi connectivity index (χ0v) is 26.9. The van der Waals surface area contributed by atoms with E-state index < -0.39 is 8.07 Å². The van der Waals surface area contributed by atoms with E-state index in [1.807, 2.05) is 0 Å². The van der Waals surface area contributed by atoms with Crippen LogP contribution in [0, 0.1) is 58.7 Å². The summed E-state index contributed by atoms with van der Waals surface area (Å²) in [7, 11) is -1.34. The first-order valence-corrected chi connectivity index (χ1v) is 20.8. The maximum Gasteiger partial charge on any atom is 0.0553 e. The standard InChI is InChI=1S/C34H60SSi/c1-21-22(2)33(32-31(21)28-11-8-9-14-29(28)35-32)36(6,7)30-20-19-26-25(12-10-13-27(26)30)23-15-17-24(18-16-23)34(3,4)5/h21-33H,8-20H2,1-7H3. The molecule has 1 saturated heterocycles. The Morgan fingerprint density at radius 1 is 0.639 bits per heavy atom. The molecular formula is C34H60SSi. The van der Waals surface area contributed by atoms with Crippen molar-refractivity contribution < 1.29 is 0 Å². The van der Waals surface area contributed by atoms with Crippen LogP contribution in [0.5, 0.6) is 0 Å². The molecule has 0 radical (unpaired) electrons. The molecule has 1 heterocycles. The van der Waals surface area contributed by atoms with Gasteiger partial charge in [0.05, 0.1) is 8.07 Å². The van der Waals surface area contributed by atoms with Crippen LogP contribution in [0.25, 0.3) is 0 Å². The smallest absolute Gasteiger partial charge is 0.0553 e. The number of hydrogen-bond donors (Lipinski definition) is 0. The molecule has 6 aliphatic rings. The average Bonchev–Trinajstić information content (AvgIpc) is 3.51. The molecule has 11 atom stereocenters. The lowest BCUT2D eigenvalue weighted by Gasteiger charge is -2.48. The second kappa shape index (κ2) is 9.89. The zero-order chi connectivity index (χ0) is 25.4. The van der Waals surface area contributed by atoms with Gasteiger partial charge in [-0.2, -0.15) is 11.8 Å². The van der Waals surface area contributed by atoms with Crippen molar-refractivity contribution in [2.45, 2.75) is 153 Å². The second-order valence-electron chi connectivity index (χ2n) is 16.8. The highest BCUT2D eigenvalue weighted by atomic mass is 32.2. The van der Waals surface area contributed by atoms with Gasteiger partial charge in [-0.1, -0.05) is 79.8 Å². The third-order valence-corrected chi connectivity index (χ3v) is 21.6. The Hall–Kier alpha value is 0.567. The topological polar surface area (TPSA) is 0 Å². The largest absolute Gasteiger partial charge is 0.155 e. The fourth-order valence-electron chi connectivity index (χ4n) is 12.4. The Morgan fingerprint density at radius 2 is 1.31 bits per heavy atom. The molecule has 1 aliphatic heterocycles. The molecule has 0 nitrogen and oxygen atoms in total. The minimum absolute atomic E-state index is 0.525. The van der Waals surface area contributed by atoms with E-state index in [1.165, 1.54) is 25.7 Å². The van der Waals surface area contributed by atoms with Crippen LogP contribution in [-0.2, 0) is 0 Å². The Balaban J connectivity index is 1.18. The van der Waals surface area contributed by atoms with Crippen LogP contribution in [0.3, 0.4) is 0 Å². The highest BCUT2D eigenvalue weighted by Gasteiger charge is 2.63. The van der Waals surface area contributed by atoms with Gasteiger partial charge in [-0.25, -0.2) is 0 Å². The van der Waals surface area contributed by atoms with E-state index in [2.05, 4.69) is 59.5 Å². The summed E-state index contributed by atoms with van der Waals surface area (Å²) in [6, 6.07) is 0. The lowest BCUT2D eigenvalue weighted by molar-refractivity contribution is 0.0640. The first kappa shape index (κ1) is 26.8. The molecule has 5 saturated carbocycles. The summed E-state index contributed by atoms with van der Waals surface area (Å²) in [6.45, 7) is 18.8. The van der Waals surface area contributed by atoms with Crippen LogP contribution in [0.1, 0.15) is 118 Å². The Bertz CT molecular complexity index is 775. The quantitative estimate of drug-likeness (QED) is 0.328. The van der Waals surface area contributed by atoms with Crippen molar-refractivity contribution in [3.8, 4) is 0 Å². The summed E-state index contributed by atoms with van der Waals surface area (Å²) in [5.74, 6) is 9.49. The van der Waals surface area contributed by atoms with E-state index >= 15 is 0 Å². The van der Waals surface area contributed by atoms with E-state index in [0.717, 1.165) is 74.8 Å². The van der Waals surface area contributed by atoms with Gasteiger partial charge in [0.15, 0.2) is 0 Å². The summed E-state index contributed by atoms with van der Waals surface area (Å²) < 4.78 is 0.